The summed E-state index contributed by atoms with van der Waals surface area (Å²) in [7, 11) is 0. The minimum atomic E-state index is 0.142. The van der Waals surface area contributed by atoms with Crippen LogP contribution in [0.1, 0.15) is 129 Å². The summed E-state index contributed by atoms with van der Waals surface area (Å²) in [5.74, 6) is 0.483. The molecule has 0 bridgehead atoms. The van der Waals surface area contributed by atoms with E-state index < -0.39 is 0 Å². The van der Waals surface area contributed by atoms with E-state index in [4.69, 9.17) is 0 Å². The summed E-state index contributed by atoms with van der Waals surface area (Å²) in [5, 5.41) is 0. The van der Waals surface area contributed by atoms with Gasteiger partial charge in [-0.2, -0.15) is 0 Å². The van der Waals surface area contributed by atoms with Gasteiger partial charge in [0.15, 0.2) is 0 Å². The number of hydrogen-bond acceptors (Lipinski definition) is 0. The van der Waals surface area contributed by atoms with Crippen molar-refractivity contribution in [3.8, 4) is 0 Å². The van der Waals surface area contributed by atoms with Gasteiger partial charge in [-0.15, -0.1) is 0 Å². The third-order valence-electron chi connectivity index (χ3n) is 6.54. The second kappa shape index (κ2) is 8.42. The van der Waals surface area contributed by atoms with Gasteiger partial charge in [0.25, 0.3) is 0 Å². The predicted molar refractivity (Wildman–Crippen MR) is 140 cm³/mol. The van der Waals surface area contributed by atoms with Gasteiger partial charge in [0.05, 0.1) is 0 Å². The van der Waals surface area contributed by atoms with Crippen molar-refractivity contribution in [3.05, 3.63) is 69.8 Å². The standard InChI is InChI=1S/C31H48/c1-21(22-15-17-25(29(5,6)7)27(19-22)31(11,12)13)18-23-14-16-24(28(2,3)4)20-26(23)30(8,9)10/h14-17,19-21H,18H2,1-13H3. The maximum absolute atomic E-state index is 2.49. The van der Waals surface area contributed by atoms with E-state index in [1.165, 1.54) is 33.4 Å². The fourth-order valence-electron chi connectivity index (χ4n) is 4.51. The van der Waals surface area contributed by atoms with Crippen LogP contribution in [0.4, 0.5) is 0 Å². The van der Waals surface area contributed by atoms with Crippen LogP contribution < -0.4 is 0 Å². The van der Waals surface area contributed by atoms with Crippen molar-refractivity contribution in [2.45, 2.75) is 124 Å². The van der Waals surface area contributed by atoms with Gasteiger partial charge in [0.1, 0.15) is 0 Å². The van der Waals surface area contributed by atoms with Crippen molar-refractivity contribution in [1.82, 2.24) is 0 Å². The molecule has 0 fully saturated rings. The summed E-state index contributed by atoms with van der Waals surface area (Å²) in [6.07, 6.45) is 1.08. The average Bonchev–Trinajstić information content (AvgIpc) is 2.58. The normalized spacial score (nSPS) is 14.6. The quantitative estimate of drug-likeness (QED) is 0.464. The Hall–Kier alpha value is -1.56. The van der Waals surface area contributed by atoms with Crippen LogP contribution in [0, 0.1) is 0 Å². The maximum atomic E-state index is 2.49. The molecule has 0 heterocycles. The van der Waals surface area contributed by atoms with E-state index in [-0.39, 0.29) is 21.7 Å². The average molecular weight is 421 g/mol. The predicted octanol–water partition coefficient (Wildman–Crippen LogP) is 9.22. The molecule has 0 spiro atoms. The van der Waals surface area contributed by atoms with Gasteiger partial charge < -0.3 is 0 Å². The van der Waals surface area contributed by atoms with Crippen LogP contribution in [0.5, 0.6) is 0 Å². The molecule has 0 radical (unpaired) electrons. The zero-order valence-electron chi connectivity index (χ0n) is 22.7. The zero-order valence-corrected chi connectivity index (χ0v) is 22.7. The minimum absolute atomic E-state index is 0.142. The van der Waals surface area contributed by atoms with Gasteiger partial charge in [-0.3, -0.25) is 0 Å². The first-order chi connectivity index (χ1) is 13.8. The van der Waals surface area contributed by atoms with Crippen LogP contribution in [0.25, 0.3) is 0 Å². The molecule has 1 atom stereocenters. The highest BCUT2D eigenvalue weighted by Gasteiger charge is 2.27. The Balaban J connectivity index is 2.49. The minimum Gasteiger partial charge on any atom is -0.0584 e. The van der Waals surface area contributed by atoms with E-state index in [9.17, 15) is 0 Å². The lowest BCUT2D eigenvalue weighted by molar-refractivity contribution is 0.528. The van der Waals surface area contributed by atoms with Crippen LogP contribution in [0.15, 0.2) is 36.4 Å². The molecule has 0 aliphatic carbocycles. The van der Waals surface area contributed by atoms with E-state index in [0.29, 0.717) is 5.92 Å². The molecule has 2 rings (SSSR count). The van der Waals surface area contributed by atoms with Crippen LogP contribution in [-0.2, 0) is 28.1 Å². The molecule has 172 valence electrons. The molecule has 2 aromatic rings. The first-order valence-corrected chi connectivity index (χ1v) is 12.1. The molecule has 2 aromatic carbocycles. The molecule has 0 aliphatic heterocycles. The lowest BCUT2D eigenvalue weighted by Gasteiger charge is -2.32. The molecule has 0 amide bonds. The molecule has 0 nitrogen and oxygen atoms in total. The summed E-state index contributed by atoms with van der Waals surface area (Å²) >= 11 is 0. The van der Waals surface area contributed by atoms with E-state index >= 15 is 0 Å². The summed E-state index contributed by atoms with van der Waals surface area (Å²) in [4.78, 5) is 0. The first-order valence-electron chi connectivity index (χ1n) is 12.1. The van der Waals surface area contributed by atoms with Crippen LogP contribution in [0.2, 0.25) is 0 Å². The molecule has 0 aromatic heterocycles. The van der Waals surface area contributed by atoms with Gasteiger partial charge in [0, 0.05) is 0 Å². The topological polar surface area (TPSA) is 0 Å². The first kappa shape index (κ1) is 25.7. The second-order valence-corrected chi connectivity index (χ2v) is 13.8. The molecule has 0 saturated heterocycles. The van der Waals surface area contributed by atoms with Crippen LogP contribution in [0.3, 0.4) is 0 Å². The Kier molecular flexibility index (Phi) is 6.98. The molecular formula is C31H48. The van der Waals surface area contributed by atoms with E-state index in [0.717, 1.165) is 6.42 Å². The Bertz CT molecular complexity index is 899. The summed E-state index contributed by atoms with van der Waals surface area (Å²) < 4.78 is 0. The molecule has 0 saturated carbocycles. The van der Waals surface area contributed by atoms with E-state index in [1.54, 1.807) is 0 Å². The zero-order chi connectivity index (χ0) is 24.0. The number of benzene rings is 2. The fourth-order valence-corrected chi connectivity index (χ4v) is 4.51. The molecule has 0 aliphatic rings. The van der Waals surface area contributed by atoms with E-state index in [1.807, 2.05) is 0 Å². The summed E-state index contributed by atoms with van der Waals surface area (Å²) in [6.45, 7) is 30.4. The fraction of sp³-hybridized carbons (Fsp3) is 0.613. The Labute approximate surface area is 193 Å². The Morgan fingerprint density at radius 1 is 0.548 bits per heavy atom. The van der Waals surface area contributed by atoms with Crippen molar-refractivity contribution in [3.63, 3.8) is 0 Å². The van der Waals surface area contributed by atoms with Crippen molar-refractivity contribution in [2.75, 3.05) is 0 Å². The van der Waals surface area contributed by atoms with Gasteiger partial charge in [-0.1, -0.05) is 126 Å². The van der Waals surface area contributed by atoms with Gasteiger partial charge in [0.2, 0.25) is 0 Å². The van der Waals surface area contributed by atoms with Crippen LogP contribution >= 0.6 is 0 Å². The number of hydrogen-bond donors (Lipinski definition) is 0. The molecule has 0 heteroatoms. The number of rotatable bonds is 3. The Morgan fingerprint density at radius 2 is 1.06 bits per heavy atom. The smallest absolute Gasteiger partial charge is 0.0129 e. The van der Waals surface area contributed by atoms with Crippen molar-refractivity contribution < 1.29 is 0 Å². The maximum Gasteiger partial charge on any atom is -0.0129 e. The van der Waals surface area contributed by atoms with Gasteiger partial charge in [-0.25, -0.2) is 0 Å². The van der Waals surface area contributed by atoms with Crippen molar-refractivity contribution in [1.29, 1.82) is 0 Å². The molecule has 31 heavy (non-hydrogen) atoms. The van der Waals surface area contributed by atoms with Gasteiger partial charge >= 0.3 is 0 Å². The van der Waals surface area contributed by atoms with Crippen molar-refractivity contribution >= 4 is 0 Å². The largest absolute Gasteiger partial charge is 0.0584 e. The molecule has 0 N–H and O–H groups in total. The highest BCUT2D eigenvalue weighted by atomic mass is 14.3. The highest BCUT2D eigenvalue weighted by molar-refractivity contribution is 5.44. The van der Waals surface area contributed by atoms with Gasteiger partial charge in [-0.05, 0) is 67.4 Å². The van der Waals surface area contributed by atoms with Crippen LogP contribution in [-0.4, -0.2) is 0 Å². The Morgan fingerprint density at radius 3 is 1.52 bits per heavy atom. The lowest BCUT2D eigenvalue weighted by atomic mass is 9.73. The third kappa shape index (κ3) is 6.24. The second-order valence-electron chi connectivity index (χ2n) is 13.8. The summed E-state index contributed by atoms with van der Waals surface area (Å²) in [6, 6.07) is 14.5. The third-order valence-corrected chi connectivity index (χ3v) is 6.54. The summed E-state index contributed by atoms with van der Waals surface area (Å²) in [5.41, 5.74) is 9.45. The highest BCUT2D eigenvalue weighted by Crippen LogP contribution is 2.38. The van der Waals surface area contributed by atoms with E-state index in [2.05, 4.69) is 126 Å². The van der Waals surface area contributed by atoms with Crippen molar-refractivity contribution in [2.24, 2.45) is 0 Å². The monoisotopic (exact) mass is 420 g/mol. The molecule has 1 unspecified atom stereocenters. The SMILES string of the molecule is CC(Cc1ccc(C(C)(C)C)cc1C(C)(C)C)c1ccc(C(C)(C)C)c(C(C)(C)C)c1. The lowest BCUT2D eigenvalue weighted by Crippen LogP contribution is -2.22. The molecular weight excluding hydrogens is 372 g/mol.